The number of hydrogen-bond donors (Lipinski definition) is 1. The molecule has 0 aliphatic carbocycles. The number of rotatable bonds is 6. The molecule has 1 aromatic carbocycles. The summed E-state index contributed by atoms with van der Waals surface area (Å²) >= 11 is 3.32. The van der Waals surface area contributed by atoms with Gasteiger partial charge in [-0.25, -0.2) is 4.98 Å². The molecule has 0 radical (unpaired) electrons. The highest BCUT2D eigenvalue weighted by Gasteiger charge is 2.20. The van der Waals surface area contributed by atoms with Crippen molar-refractivity contribution in [2.24, 2.45) is 5.92 Å². The number of aromatic nitrogens is 1. The van der Waals surface area contributed by atoms with E-state index in [1.807, 2.05) is 23.6 Å². The molecule has 2 aromatic rings. The minimum atomic E-state index is 0.0298. The van der Waals surface area contributed by atoms with Crippen LogP contribution in [0, 0.1) is 5.92 Å². The van der Waals surface area contributed by atoms with Gasteiger partial charge in [0.25, 0.3) is 0 Å². The van der Waals surface area contributed by atoms with Crippen LogP contribution in [0.1, 0.15) is 18.2 Å². The van der Waals surface area contributed by atoms with Crippen molar-refractivity contribution in [3.8, 4) is 5.75 Å². The molecule has 0 saturated carbocycles. The maximum Gasteiger partial charge on any atom is 0.226 e. The summed E-state index contributed by atoms with van der Waals surface area (Å²) in [6.45, 7) is 3.40. The van der Waals surface area contributed by atoms with Gasteiger partial charge in [0.05, 0.1) is 18.7 Å². The van der Waals surface area contributed by atoms with Crippen LogP contribution in [-0.2, 0) is 17.6 Å². The van der Waals surface area contributed by atoms with E-state index in [4.69, 9.17) is 4.74 Å². The number of para-hydroxylation sites is 1. The number of carbonyl (C=O) groups excluding carboxylic acids is 1. The van der Waals surface area contributed by atoms with E-state index in [1.54, 1.807) is 23.1 Å². The third-order valence-electron chi connectivity index (χ3n) is 3.68. The van der Waals surface area contributed by atoms with Crippen molar-refractivity contribution < 1.29 is 9.53 Å². The number of nitrogens with one attached hydrogen (secondary N) is 1. The van der Waals surface area contributed by atoms with Gasteiger partial charge < -0.3 is 10.1 Å². The Bertz CT molecular complexity index is 672. The molecule has 122 valence electrons. The Labute approximate surface area is 144 Å². The zero-order valence-corrected chi connectivity index (χ0v) is 14.7. The largest absolute Gasteiger partial charge is 0.493 e. The van der Waals surface area contributed by atoms with Crippen LogP contribution in [0.3, 0.4) is 0 Å². The highest BCUT2D eigenvalue weighted by atomic mass is 32.2. The van der Waals surface area contributed by atoms with Gasteiger partial charge in [0, 0.05) is 17.8 Å². The zero-order valence-electron chi connectivity index (χ0n) is 13.1. The van der Waals surface area contributed by atoms with Crippen molar-refractivity contribution >= 4 is 29.0 Å². The predicted octanol–water partition coefficient (Wildman–Crippen LogP) is 3.17. The van der Waals surface area contributed by atoms with Crippen LogP contribution in [0.25, 0.3) is 0 Å². The van der Waals surface area contributed by atoms with E-state index in [-0.39, 0.29) is 5.91 Å². The molecule has 0 fully saturated rings. The van der Waals surface area contributed by atoms with E-state index >= 15 is 0 Å². The first kappa shape index (κ1) is 16.3. The Kier molecular flexibility index (Phi) is 5.56. The van der Waals surface area contributed by atoms with Crippen LogP contribution in [-0.4, -0.2) is 29.8 Å². The van der Waals surface area contributed by atoms with Crippen LogP contribution < -0.4 is 10.1 Å². The average Bonchev–Trinajstić information content (AvgIpc) is 3.00. The number of nitrogens with zero attached hydrogens (tertiary/aromatic N) is 1. The van der Waals surface area contributed by atoms with Gasteiger partial charge in [0.1, 0.15) is 10.1 Å². The van der Waals surface area contributed by atoms with Gasteiger partial charge >= 0.3 is 0 Å². The average molecular weight is 348 g/mol. The predicted molar refractivity (Wildman–Crippen MR) is 94.4 cm³/mol. The number of thiazole rings is 1. The molecule has 1 amide bonds. The number of fused-ring (bicyclic) bond motifs is 1. The summed E-state index contributed by atoms with van der Waals surface area (Å²) in [4.78, 5) is 16.5. The van der Waals surface area contributed by atoms with Gasteiger partial charge in [-0.2, -0.15) is 0 Å². The summed E-state index contributed by atoms with van der Waals surface area (Å²) in [6.07, 6.45) is 1.30. The first-order chi connectivity index (χ1) is 11.2. The number of thioether (sulfide) groups is 1. The fraction of sp³-hybridized carbons (Fsp3) is 0.412. The van der Waals surface area contributed by atoms with E-state index in [2.05, 4.69) is 23.3 Å². The van der Waals surface area contributed by atoms with Gasteiger partial charge in [-0.05, 0) is 23.8 Å². The third kappa shape index (κ3) is 4.48. The normalized spacial score (nSPS) is 16.5. The molecule has 1 aliphatic rings. The van der Waals surface area contributed by atoms with Crippen molar-refractivity contribution in [3.05, 3.63) is 40.9 Å². The van der Waals surface area contributed by atoms with E-state index in [9.17, 15) is 4.79 Å². The van der Waals surface area contributed by atoms with Crippen LogP contribution in [0.2, 0.25) is 0 Å². The lowest BCUT2D eigenvalue weighted by molar-refractivity contribution is -0.120. The maximum absolute atomic E-state index is 12.1. The number of carbonyl (C=O) groups is 1. The van der Waals surface area contributed by atoms with Gasteiger partial charge in [0.15, 0.2) is 0 Å². The van der Waals surface area contributed by atoms with Crippen molar-refractivity contribution in [1.82, 2.24) is 10.3 Å². The van der Waals surface area contributed by atoms with Crippen LogP contribution >= 0.6 is 23.1 Å². The van der Waals surface area contributed by atoms with Crippen molar-refractivity contribution in [1.29, 1.82) is 0 Å². The third-order valence-corrected chi connectivity index (χ3v) is 5.64. The number of amides is 1. The molecule has 1 aliphatic heterocycles. The molecule has 0 saturated heterocycles. The Hall–Kier alpha value is -1.53. The summed E-state index contributed by atoms with van der Waals surface area (Å²) in [7, 11) is 0. The fourth-order valence-corrected chi connectivity index (χ4v) is 4.31. The molecule has 1 aromatic heterocycles. The highest BCUT2D eigenvalue weighted by Crippen LogP contribution is 2.26. The van der Waals surface area contributed by atoms with E-state index in [1.165, 1.54) is 5.56 Å². The van der Waals surface area contributed by atoms with Crippen molar-refractivity contribution in [2.75, 3.05) is 18.9 Å². The summed E-state index contributed by atoms with van der Waals surface area (Å²) < 4.78 is 6.79. The Balaban J connectivity index is 1.46. The number of hydrogen-bond acceptors (Lipinski definition) is 5. The first-order valence-electron chi connectivity index (χ1n) is 7.79. The Morgan fingerprint density at radius 2 is 2.35 bits per heavy atom. The van der Waals surface area contributed by atoms with Crippen LogP contribution in [0.4, 0.5) is 0 Å². The van der Waals surface area contributed by atoms with Crippen LogP contribution in [0.5, 0.6) is 5.75 Å². The molecule has 0 spiro atoms. The molecule has 1 atom stereocenters. The molecule has 3 rings (SSSR count). The quantitative estimate of drug-likeness (QED) is 0.815. The molecular weight excluding hydrogens is 328 g/mol. The summed E-state index contributed by atoms with van der Waals surface area (Å²) in [5.41, 5.74) is 2.08. The second kappa shape index (κ2) is 7.84. The minimum Gasteiger partial charge on any atom is -0.493 e. The van der Waals surface area contributed by atoms with Crippen molar-refractivity contribution in [2.45, 2.75) is 24.1 Å². The Morgan fingerprint density at radius 3 is 3.22 bits per heavy atom. The van der Waals surface area contributed by atoms with Gasteiger partial charge in [-0.3, -0.25) is 4.79 Å². The molecule has 2 heterocycles. The maximum atomic E-state index is 12.1. The smallest absolute Gasteiger partial charge is 0.226 e. The molecule has 23 heavy (non-hydrogen) atoms. The summed E-state index contributed by atoms with van der Waals surface area (Å²) in [5, 5.41) is 4.98. The zero-order chi connectivity index (χ0) is 16.1. The highest BCUT2D eigenvalue weighted by molar-refractivity contribution is 8.00. The lowest BCUT2D eigenvalue weighted by Gasteiger charge is -2.25. The molecule has 4 nitrogen and oxygen atoms in total. The number of benzene rings is 1. The molecule has 6 heteroatoms. The number of ether oxygens (including phenoxy) is 1. The molecule has 1 N–H and O–H groups in total. The summed E-state index contributed by atoms with van der Waals surface area (Å²) in [6, 6.07) is 8.10. The fourth-order valence-electron chi connectivity index (χ4n) is 2.57. The van der Waals surface area contributed by atoms with Gasteiger partial charge in [0.2, 0.25) is 5.91 Å². The van der Waals surface area contributed by atoms with Crippen LogP contribution in [0.15, 0.2) is 34.0 Å². The van der Waals surface area contributed by atoms with E-state index in [0.29, 0.717) is 25.5 Å². The van der Waals surface area contributed by atoms with Gasteiger partial charge in [-0.15, -0.1) is 11.3 Å². The minimum absolute atomic E-state index is 0.0298. The topological polar surface area (TPSA) is 51.2 Å². The molecule has 0 bridgehead atoms. The van der Waals surface area contributed by atoms with E-state index in [0.717, 1.165) is 28.0 Å². The van der Waals surface area contributed by atoms with Crippen molar-refractivity contribution in [3.63, 3.8) is 0 Å². The molecule has 1 unspecified atom stereocenters. The lowest BCUT2D eigenvalue weighted by atomic mass is 9.97. The standard InChI is InChI=1S/C17H20N2O2S2/c1-2-22-17-19-14(11-23-17)8-16(20)18-9-12-7-13-5-3-4-6-15(13)21-10-12/h3-6,11-12H,2,7-10H2,1H3,(H,18,20). The Morgan fingerprint density at radius 1 is 1.48 bits per heavy atom. The SMILES string of the molecule is CCSc1nc(CC(=O)NCC2COc3ccccc3C2)cs1. The lowest BCUT2D eigenvalue weighted by Crippen LogP contribution is -2.35. The summed E-state index contributed by atoms with van der Waals surface area (Å²) in [5.74, 6) is 2.33. The monoisotopic (exact) mass is 348 g/mol. The van der Waals surface area contributed by atoms with E-state index < -0.39 is 0 Å². The van der Waals surface area contributed by atoms with Gasteiger partial charge in [-0.1, -0.05) is 36.9 Å². The second-order valence-electron chi connectivity index (χ2n) is 5.51. The second-order valence-corrected chi connectivity index (χ2v) is 7.88. The molecular formula is C17H20N2O2S2. The first-order valence-corrected chi connectivity index (χ1v) is 9.65.